The topological polar surface area (TPSA) is 79.2 Å². The number of hydrogen-bond donors (Lipinski definition) is 3. The number of allylic oxidation sites excluding steroid dienone is 4. The molecule has 2 aromatic carbocycles. The Morgan fingerprint density at radius 2 is 1.88 bits per heavy atom. The minimum atomic E-state index is -0.879. The Balaban J connectivity index is 1.80. The molecule has 0 radical (unpaired) electrons. The number of aliphatic hydroxyl groups excluding tert-OH is 1. The lowest BCUT2D eigenvalue weighted by molar-refractivity contribution is 0.216. The number of hydrogen-bond acceptors (Lipinski definition) is 5. The molecule has 0 amide bonds. The van der Waals surface area contributed by atoms with E-state index in [2.05, 4.69) is 39.8 Å². The summed E-state index contributed by atoms with van der Waals surface area (Å²) in [5, 5.41) is 31.1. The third-order valence-electron chi connectivity index (χ3n) is 5.46. The van der Waals surface area contributed by atoms with Gasteiger partial charge in [-0.05, 0) is 75.4 Å². The second-order valence-corrected chi connectivity index (χ2v) is 8.66. The number of methoxy groups -OCH3 is 1. The summed E-state index contributed by atoms with van der Waals surface area (Å²) in [4.78, 5) is 0. The predicted octanol–water partition coefficient (Wildman–Crippen LogP) is 6.05. The second kappa shape index (κ2) is 9.96. The number of fused-ring (bicyclic) bond motifs is 1. The van der Waals surface area contributed by atoms with E-state index in [4.69, 9.17) is 9.47 Å². The lowest BCUT2D eigenvalue weighted by atomic mass is 9.96. The average Bonchev–Trinajstić information content (AvgIpc) is 2.72. The van der Waals surface area contributed by atoms with Gasteiger partial charge in [0, 0.05) is 17.2 Å². The van der Waals surface area contributed by atoms with Crippen LogP contribution in [0, 0.1) is 5.92 Å². The maximum Gasteiger partial charge on any atom is 0.161 e. The summed E-state index contributed by atoms with van der Waals surface area (Å²) in [6, 6.07) is 8.17. The first-order valence-corrected chi connectivity index (χ1v) is 10.8. The van der Waals surface area contributed by atoms with Gasteiger partial charge < -0.3 is 24.8 Å². The fourth-order valence-corrected chi connectivity index (χ4v) is 3.99. The quantitative estimate of drug-likeness (QED) is 0.460. The first-order valence-electron chi connectivity index (χ1n) is 10.8. The second-order valence-electron chi connectivity index (χ2n) is 8.66. The first kappa shape index (κ1) is 23.5. The van der Waals surface area contributed by atoms with E-state index in [0.29, 0.717) is 40.7 Å². The fourth-order valence-electron chi connectivity index (χ4n) is 3.99. The van der Waals surface area contributed by atoms with Crippen LogP contribution in [0.15, 0.2) is 59.7 Å². The molecule has 32 heavy (non-hydrogen) atoms. The minimum absolute atomic E-state index is 0.0227. The standard InChI is InChI=1S/C27H32O5/c1-16(2)10-18(4)11-17(3)6-7-19-12-21-24(30)15-25(32-26(21)14-23(19)29)20-8-9-22(28)27(13-20)31-5/h6,8-10,12-15,18,24,28-30H,7,11H2,1-5H3/b17-6+. The van der Waals surface area contributed by atoms with Gasteiger partial charge in [0.05, 0.1) is 7.11 Å². The van der Waals surface area contributed by atoms with Gasteiger partial charge in [-0.15, -0.1) is 0 Å². The van der Waals surface area contributed by atoms with Crippen LogP contribution in [0.2, 0.25) is 0 Å². The zero-order valence-corrected chi connectivity index (χ0v) is 19.3. The number of rotatable bonds is 7. The molecule has 1 aliphatic heterocycles. The summed E-state index contributed by atoms with van der Waals surface area (Å²) < 4.78 is 11.1. The van der Waals surface area contributed by atoms with Crippen LogP contribution in [0.1, 0.15) is 56.9 Å². The van der Waals surface area contributed by atoms with E-state index in [1.807, 2.05) is 0 Å². The van der Waals surface area contributed by atoms with Crippen molar-refractivity contribution in [1.82, 2.24) is 0 Å². The van der Waals surface area contributed by atoms with Crippen LogP contribution in [-0.2, 0) is 6.42 Å². The molecule has 3 rings (SSSR count). The molecule has 0 spiro atoms. The maximum absolute atomic E-state index is 10.7. The molecule has 0 saturated heterocycles. The van der Waals surface area contributed by atoms with Gasteiger partial charge in [0.15, 0.2) is 11.5 Å². The van der Waals surface area contributed by atoms with Gasteiger partial charge in [-0.3, -0.25) is 0 Å². The predicted molar refractivity (Wildman–Crippen MR) is 127 cm³/mol. The summed E-state index contributed by atoms with van der Waals surface area (Å²) in [5.74, 6) is 1.76. The normalized spacial score (nSPS) is 16.5. The van der Waals surface area contributed by atoms with Crippen molar-refractivity contribution in [3.8, 4) is 23.0 Å². The Kier molecular flexibility index (Phi) is 7.31. The van der Waals surface area contributed by atoms with E-state index in [1.165, 1.54) is 24.3 Å². The zero-order chi connectivity index (χ0) is 23.4. The molecule has 3 N–H and O–H groups in total. The number of phenols is 2. The largest absolute Gasteiger partial charge is 0.508 e. The van der Waals surface area contributed by atoms with Crippen LogP contribution in [0.5, 0.6) is 23.0 Å². The molecule has 0 saturated carbocycles. The average molecular weight is 437 g/mol. The highest BCUT2D eigenvalue weighted by atomic mass is 16.5. The van der Waals surface area contributed by atoms with Crippen LogP contribution < -0.4 is 9.47 Å². The lowest BCUT2D eigenvalue weighted by Gasteiger charge is -2.23. The molecular formula is C27H32O5. The van der Waals surface area contributed by atoms with Gasteiger partial charge in [-0.25, -0.2) is 0 Å². The smallest absolute Gasteiger partial charge is 0.161 e. The van der Waals surface area contributed by atoms with Crippen molar-refractivity contribution < 1.29 is 24.8 Å². The number of aromatic hydroxyl groups is 2. The molecule has 2 unspecified atom stereocenters. The van der Waals surface area contributed by atoms with E-state index in [-0.39, 0.29) is 11.5 Å². The van der Waals surface area contributed by atoms with E-state index in [0.717, 1.165) is 12.0 Å². The zero-order valence-electron chi connectivity index (χ0n) is 19.3. The van der Waals surface area contributed by atoms with E-state index in [9.17, 15) is 15.3 Å². The van der Waals surface area contributed by atoms with Crippen LogP contribution >= 0.6 is 0 Å². The summed E-state index contributed by atoms with van der Waals surface area (Å²) >= 11 is 0. The minimum Gasteiger partial charge on any atom is -0.508 e. The summed E-state index contributed by atoms with van der Waals surface area (Å²) in [5.41, 5.74) is 4.56. The lowest BCUT2D eigenvalue weighted by Crippen LogP contribution is -2.09. The molecule has 2 aromatic rings. The number of benzene rings is 2. The molecule has 0 bridgehead atoms. The van der Waals surface area contributed by atoms with E-state index >= 15 is 0 Å². The van der Waals surface area contributed by atoms with Gasteiger partial charge >= 0.3 is 0 Å². The Morgan fingerprint density at radius 1 is 1.12 bits per heavy atom. The van der Waals surface area contributed by atoms with Gasteiger partial charge in [0.25, 0.3) is 0 Å². The van der Waals surface area contributed by atoms with Crippen LogP contribution in [0.25, 0.3) is 5.76 Å². The highest BCUT2D eigenvalue weighted by molar-refractivity contribution is 5.69. The Bertz CT molecular complexity index is 1070. The summed E-state index contributed by atoms with van der Waals surface area (Å²) in [7, 11) is 1.47. The van der Waals surface area contributed by atoms with Crippen molar-refractivity contribution in [2.75, 3.05) is 7.11 Å². The van der Waals surface area contributed by atoms with Gasteiger partial charge in [0.2, 0.25) is 0 Å². The van der Waals surface area contributed by atoms with Crippen LogP contribution in [0.4, 0.5) is 0 Å². The molecule has 5 nitrogen and oxygen atoms in total. The maximum atomic E-state index is 10.7. The number of phenolic OH excluding ortho intramolecular Hbond substituents is 2. The Labute approximate surface area is 189 Å². The van der Waals surface area contributed by atoms with Crippen LogP contribution in [-0.4, -0.2) is 22.4 Å². The highest BCUT2D eigenvalue weighted by Crippen LogP contribution is 2.41. The van der Waals surface area contributed by atoms with Crippen molar-refractivity contribution >= 4 is 5.76 Å². The third-order valence-corrected chi connectivity index (χ3v) is 5.46. The van der Waals surface area contributed by atoms with Crippen molar-refractivity contribution in [3.05, 3.63) is 76.4 Å². The molecule has 0 fully saturated rings. The van der Waals surface area contributed by atoms with E-state index < -0.39 is 6.10 Å². The molecule has 0 aliphatic carbocycles. The summed E-state index contributed by atoms with van der Waals surface area (Å²) in [6.07, 6.45) is 6.65. The SMILES string of the molecule is COc1cc(C2=CC(O)c3cc(C/C=C(\C)CC(C)C=C(C)C)c(O)cc3O2)ccc1O. The fraction of sp³-hybridized carbons (Fsp3) is 0.333. The van der Waals surface area contributed by atoms with Crippen molar-refractivity contribution in [2.45, 2.75) is 46.6 Å². The van der Waals surface area contributed by atoms with Gasteiger partial charge in [-0.1, -0.05) is 30.2 Å². The molecule has 2 atom stereocenters. The molecule has 5 heteroatoms. The van der Waals surface area contributed by atoms with Crippen molar-refractivity contribution in [1.29, 1.82) is 0 Å². The van der Waals surface area contributed by atoms with Crippen molar-refractivity contribution in [2.24, 2.45) is 5.92 Å². The highest BCUT2D eigenvalue weighted by Gasteiger charge is 2.23. The molecule has 1 heterocycles. The molecule has 170 valence electrons. The Hall–Kier alpha value is -3.18. The molecular weight excluding hydrogens is 404 g/mol. The van der Waals surface area contributed by atoms with Gasteiger partial charge in [-0.2, -0.15) is 0 Å². The van der Waals surface area contributed by atoms with Crippen molar-refractivity contribution in [3.63, 3.8) is 0 Å². The molecule has 1 aliphatic rings. The van der Waals surface area contributed by atoms with Crippen LogP contribution in [0.3, 0.4) is 0 Å². The monoisotopic (exact) mass is 436 g/mol. The number of aliphatic hydroxyl groups is 1. The first-order chi connectivity index (χ1) is 15.2. The Morgan fingerprint density at radius 3 is 2.56 bits per heavy atom. The molecule has 0 aromatic heterocycles. The third kappa shape index (κ3) is 5.54. The van der Waals surface area contributed by atoms with E-state index in [1.54, 1.807) is 30.3 Å². The summed E-state index contributed by atoms with van der Waals surface area (Å²) in [6.45, 7) is 8.50. The number of ether oxygens (including phenoxy) is 2. The van der Waals surface area contributed by atoms with Gasteiger partial charge in [0.1, 0.15) is 23.4 Å².